The van der Waals surface area contributed by atoms with Crippen LogP contribution in [0.1, 0.15) is 36.2 Å². The highest BCUT2D eigenvalue weighted by Gasteiger charge is 2.29. The van der Waals surface area contributed by atoms with E-state index in [4.69, 9.17) is 0 Å². The van der Waals surface area contributed by atoms with E-state index in [1.165, 1.54) is 23.9 Å². The fraction of sp³-hybridized carbons (Fsp3) is 0.615. The zero-order valence-corrected chi connectivity index (χ0v) is 13.0. The minimum Gasteiger partial charge on any atom is -0.391 e. The summed E-state index contributed by atoms with van der Waals surface area (Å²) in [5.41, 5.74) is 0.266. The Hall–Kier alpha value is -1.38. The summed E-state index contributed by atoms with van der Waals surface area (Å²) in [4.78, 5) is 11.7. The third kappa shape index (κ3) is 3.45. The SMILES string of the molecule is CNC(=O)c1cc(S(=O)(=O)N[C@H]2CCCC[C@@H]2O)cn1C. The van der Waals surface area contributed by atoms with Gasteiger partial charge >= 0.3 is 0 Å². The minimum atomic E-state index is -3.75. The summed E-state index contributed by atoms with van der Waals surface area (Å²) >= 11 is 0. The summed E-state index contributed by atoms with van der Waals surface area (Å²) in [5, 5.41) is 12.3. The van der Waals surface area contributed by atoms with Gasteiger partial charge in [-0.05, 0) is 18.9 Å². The predicted octanol–water partition coefficient (Wildman–Crippen LogP) is -0.0335. The molecule has 1 fully saturated rings. The van der Waals surface area contributed by atoms with Crippen LogP contribution in [0, 0.1) is 0 Å². The van der Waals surface area contributed by atoms with Gasteiger partial charge in [-0.3, -0.25) is 4.79 Å². The van der Waals surface area contributed by atoms with Crippen molar-refractivity contribution in [1.29, 1.82) is 0 Å². The molecule has 2 atom stereocenters. The number of aromatic nitrogens is 1. The van der Waals surface area contributed by atoms with E-state index >= 15 is 0 Å². The number of hydrogen-bond acceptors (Lipinski definition) is 4. The largest absolute Gasteiger partial charge is 0.391 e. The molecule has 0 unspecified atom stereocenters. The number of nitrogens with zero attached hydrogens (tertiary/aromatic N) is 1. The Kier molecular flexibility index (Phi) is 4.70. The maximum absolute atomic E-state index is 12.4. The topological polar surface area (TPSA) is 100 Å². The monoisotopic (exact) mass is 315 g/mol. The molecule has 1 saturated carbocycles. The highest BCUT2D eigenvalue weighted by Crippen LogP contribution is 2.21. The molecule has 7 nitrogen and oxygen atoms in total. The highest BCUT2D eigenvalue weighted by molar-refractivity contribution is 7.89. The van der Waals surface area contributed by atoms with Gasteiger partial charge in [-0.2, -0.15) is 0 Å². The molecule has 0 aromatic carbocycles. The van der Waals surface area contributed by atoms with Gasteiger partial charge in [0.2, 0.25) is 10.0 Å². The van der Waals surface area contributed by atoms with Crippen LogP contribution < -0.4 is 10.0 Å². The Morgan fingerprint density at radius 3 is 2.67 bits per heavy atom. The zero-order valence-electron chi connectivity index (χ0n) is 12.2. The van der Waals surface area contributed by atoms with Gasteiger partial charge in [0, 0.05) is 26.3 Å². The fourth-order valence-corrected chi connectivity index (χ4v) is 3.92. The van der Waals surface area contributed by atoms with Crippen molar-refractivity contribution in [2.75, 3.05) is 7.05 Å². The van der Waals surface area contributed by atoms with Gasteiger partial charge in [0.05, 0.1) is 6.10 Å². The van der Waals surface area contributed by atoms with Crippen molar-refractivity contribution < 1.29 is 18.3 Å². The van der Waals surface area contributed by atoms with Gasteiger partial charge in [-0.15, -0.1) is 0 Å². The van der Waals surface area contributed by atoms with Gasteiger partial charge in [0.25, 0.3) is 5.91 Å². The first-order valence-electron chi connectivity index (χ1n) is 6.94. The molecule has 1 aromatic heterocycles. The summed E-state index contributed by atoms with van der Waals surface area (Å²) in [5.74, 6) is -0.350. The lowest BCUT2D eigenvalue weighted by Gasteiger charge is -2.27. The fourth-order valence-electron chi connectivity index (χ4n) is 2.55. The van der Waals surface area contributed by atoms with Crippen molar-refractivity contribution in [1.82, 2.24) is 14.6 Å². The quantitative estimate of drug-likeness (QED) is 0.726. The predicted molar refractivity (Wildman–Crippen MR) is 77.4 cm³/mol. The van der Waals surface area contributed by atoms with Crippen LogP contribution in [0.5, 0.6) is 0 Å². The summed E-state index contributed by atoms with van der Waals surface area (Å²) < 4.78 is 28.7. The van der Waals surface area contributed by atoms with Gasteiger partial charge in [-0.25, -0.2) is 13.1 Å². The van der Waals surface area contributed by atoms with Crippen LogP contribution in [-0.4, -0.2) is 43.2 Å². The molecule has 1 aromatic rings. The number of aryl methyl sites for hydroxylation is 1. The number of amides is 1. The Morgan fingerprint density at radius 1 is 1.38 bits per heavy atom. The molecule has 21 heavy (non-hydrogen) atoms. The second kappa shape index (κ2) is 6.17. The first-order chi connectivity index (χ1) is 9.85. The number of carbonyl (C=O) groups is 1. The standard InChI is InChI=1S/C13H21N3O4S/c1-14-13(18)11-7-9(8-16(11)2)21(19,20)15-10-5-3-4-6-12(10)17/h7-8,10,12,15,17H,3-6H2,1-2H3,(H,14,18)/t10-,12-/m0/s1. The number of carbonyl (C=O) groups excluding carboxylic acids is 1. The molecule has 1 aliphatic carbocycles. The Balaban J connectivity index is 2.21. The molecule has 0 radical (unpaired) electrons. The van der Waals surface area contributed by atoms with Crippen LogP contribution in [0.15, 0.2) is 17.2 Å². The van der Waals surface area contributed by atoms with Crippen molar-refractivity contribution in [2.45, 2.75) is 42.7 Å². The molecule has 0 aliphatic heterocycles. The molecule has 1 aliphatic rings. The molecule has 0 spiro atoms. The smallest absolute Gasteiger partial charge is 0.267 e. The average molecular weight is 315 g/mol. The summed E-state index contributed by atoms with van der Waals surface area (Å²) in [7, 11) is -0.651. The molecule has 2 rings (SSSR count). The maximum atomic E-state index is 12.4. The van der Waals surface area contributed by atoms with E-state index in [0.717, 1.165) is 12.8 Å². The van der Waals surface area contributed by atoms with Gasteiger partial charge in [0.1, 0.15) is 10.6 Å². The van der Waals surface area contributed by atoms with E-state index in [1.54, 1.807) is 7.05 Å². The van der Waals surface area contributed by atoms with Crippen LogP contribution >= 0.6 is 0 Å². The molecule has 8 heteroatoms. The lowest BCUT2D eigenvalue weighted by Crippen LogP contribution is -2.44. The van der Waals surface area contributed by atoms with Crippen molar-refractivity contribution in [3.8, 4) is 0 Å². The number of aliphatic hydroxyl groups is 1. The molecular formula is C13H21N3O4S. The maximum Gasteiger partial charge on any atom is 0.267 e. The third-order valence-corrected chi connectivity index (χ3v) is 5.24. The number of aliphatic hydroxyl groups excluding tert-OH is 1. The molecular weight excluding hydrogens is 294 g/mol. The van der Waals surface area contributed by atoms with E-state index in [0.29, 0.717) is 12.8 Å². The second-order valence-electron chi connectivity index (χ2n) is 5.33. The van der Waals surface area contributed by atoms with E-state index in [-0.39, 0.29) is 16.5 Å². The van der Waals surface area contributed by atoms with Crippen LogP contribution in [0.4, 0.5) is 0 Å². The Bertz CT molecular complexity index is 623. The lowest BCUT2D eigenvalue weighted by atomic mass is 9.93. The second-order valence-corrected chi connectivity index (χ2v) is 7.04. The molecule has 118 valence electrons. The average Bonchev–Trinajstić information content (AvgIpc) is 2.83. The van der Waals surface area contributed by atoms with Crippen LogP contribution in [0.25, 0.3) is 0 Å². The number of hydrogen-bond donors (Lipinski definition) is 3. The molecule has 3 N–H and O–H groups in total. The summed E-state index contributed by atoms with van der Waals surface area (Å²) in [6.45, 7) is 0. The highest BCUT2D eigenvalue weighted by atomic mass is 32.2. The van der Waals surface area contributed by atoms with Gasteiger partial charge in [0.15, 0.2) is 0 Å². The summed E-state index contributed by atoms with van der Waals surface area (Å²) in [6.07, 6.45) is 3.76. The normalized spacial score (nSPS) is 23.0. The zero-order chi connectivity index (χ0) is 15.6. The minimum absolute atomic E-state index is 0.0290. The van der Waals surface area contributed by atoms with Gasteiger partial charge in [-0.1, -0.05) is 12.8 Å². The van der Waals surface area contributed by atoms with E-state index in [2.05, 4.69) is 10.0 Å². The van der Waals surface area contributed by atoms with Crippen molar-refractivity contribution in [3.05, 3.63) is 18.0 Å². The number of rotatable bonds is 4. The number of nitrogens with one attached hydrogen (secondary N) is 2. The molecule has 0 bridgehead atoms. The lowest BCUT2D eigenvalue weighted by molar-refractivity contribution is 0.0955. The van der Waals surface area contributed by atoms with E-state index in [9.17, 15) is 18.3 Å². The Labute approximate surface area is 124 Å². The molecule has 1 heterocycles. The van der Waals surface area contributed by atoms with E-state index in [1.807, 2.05) is 0 Å². The molecule has 1 amide bonds. The van der Waals surface area contributed by atoms with Crippen molar-refractivity contribution >= 4 is 15.9 Å². The first kappa shape index (κ1) is 16.0. The van der Waals surface area contributed by atoms with Crippen LogP contribution in [0.2, 0.25) is 0 Å². The summed E-state index contributed by atoms with van der Waals surface area (Å²) in [6, 6.07) is 0.864. The third-order valence-electron chi connectivity index (χ3n) is 3.79. The van der Waals surface area contributed by atoms with Crippen LogP contribution in [0.3, 0.4) is 0 Å². The Morgan fingerprint density at radius 2 is 2.05 bits per heavy atom. The first-order valence-corrected chi connectivity index (χ1v) is 8.42. The van der Waals surface area contributed by atoms with Crippen molar-refractivity contribution in [3.63, 3.8) is 0 Å². The van der Waals surface area contributed by atoms with E-state index < -0.39 is 22.2 Å². The van der Waals surface area contributed by atoms with Gasteiger partial charge < -0.3 is 15.0 Å². The van der Waals surface area contributed by atoms with Crippen LogP contribution in [-0.2, 0) is 17.1 Å². The number of sulfonamides is 1. The van der Waals surface area contributed by atoms with Crippen molar-refractivity contribution in [2.24, 2.45) is 7.05 Å². The molecule has 0 saturated heterocycles.